The van der Waals surface area contributed by atoms with E-state index in [0.717, 1.165) is 54.0 Å². The second-order valence-corrected chi connectivity index (χ2v) is 11.7. The van der Waals surface area contributed by atoms with Crippen LogP contribution in [-0.2, 0) is 17.9 Å². The van der Waals surface area contributed by atoms with Gasteiger partial charge in [-0.1, -0.05) is 103 Å². The lowest BCUT2D eigenvalue weighted by atomic mass is 9.79. The summed E-state index contributed by atoms with van der Waals surface area (Å²) in [4.78, 5) is 29.1. The van der Waals surface area contributed by atoms with E-state index in [1.165, 1.54) is 0 Å². The number of nitrogens with zero attached hydrogens (tertiary/aromatic N) is 1. The number of nitrogens with one attached hydrogen (secondary N) is 2. The van der Waals surface area contributed by atoms with Crippen LogP contribution in [0.5, 0.6) is 5.75 Å². The molecule has 0 aliphatic carbocycles. The van der Waals surface area contributed by atoms with E-state index >= 15 is 0 Å². The van der Waals surface area contributed by atoms with Gasteiger partial charge in [0, 0.05) is 31.0 Å². The molecule has 1 atom stereocenters. The van der Waals surface area contributed by atoms with Crippen molar-refractivity contribution in [2.24, 2.45) is 5.92 Å². The lowest BCUT2D eigenvalue weighted by Crippen LogP contribution is -2.40. The van der Waals surface area contributed by atoms with Crippen LogP contribution in [0.3, 0.4) is 0 Å². The maximum absolute atomic E-state index is 13.6. The maximum Gasteiger partial charge on any atom is 0.259 e. The number of hydrogen-bond acceptors (Lipinski definition) is 4. The van der Waals surface area contributed by atoms with Crippen molar-refractivity contribution in [2.45, 2.75) is 31.9 Å². The first-order chi connectivity index (χ1) is 22.6. The van der Waals surface area contributed by atoms with E-state index in [0.29, 0.717) is 24.5 Å². The first-order valence-electron chi connectivity index (χ1n) is 15.9. The highest BCUT2D eigenvalue weighted by Crippen LogP contribution is 2.35. The smallest absolute Gasteiger partial charge is 0.259 e. The van der Waals surface area contributed by atoms with Crippen LogP contribution in [0.2, 0.25) is 0 Å². The van der Waals surface area contributed by atoms with Crippen LogP contribution in [0.1, 0.15) is 45.8 Å². The molecule has 232 valence electrons. The molecule has 0 radical (unpaired) electrons. The van der Waals surface area contributed by atoms with Gasteiger partial charge < -0.3 is 20.3 Å². The Morgan fingerprint density at radius 1 is 0.696 bits per heavy atom. The van der Waals surface area contributed by atoms with Gasteiger partial charge in [-0.3, -0.25) is 9.59 Å². The average molecular weight is 610 g/mol. The molecule has 1 aliphatic rings. The molecule has 0 spiro atoms. The summed E-state index contributed by atoms with van der Waals surface area (Å²) in [6.45, 7) is 2.63. The number of piperidine rings is 1. The number of ether oxygens (including phenoxy) is 1. The number of carbonyl (C=O) groups excluding carboxylic acids is 2. The van der Waals surface area contributed by atoms with Crippen LogP contribution >= 0.6 is 0 Å². The Morgan fingerprint density at radius 2 is 1.28 bits per heavy atom. The molecule has 1 unspecified atom stereocenters. The molecule has 5 aromatic carbocycles. The van der Waals surface area contributed by atoms with Gasteiger partial charge in [0.05, 0.1) is 11.5 Å². The summed E-state index contributed by atoms with van der Waals surface area (Å²) in [6.07, 6.45) is 1.83. The van der Waals surface area contributed by atoms with Crippen molar-refractivity contribution in [3.05, 3.63) is 162 Å². The summed E-state index contributed by atoms with van der Waals surface area (Å²) >= 11 is 0. The quantitative estimate of drug-likeness (QED) is 0.160. The third-order valence-electron chi connectivity index (χ3n) is 8.62. The summed E-state index contributed by atoms with van der Waals surface area (Å²) in [5.41, 5.74) is 5.52. The minimum atomic E-state index is -0.213. The van der Waals surface area contributed by atoms with Gasteiger partial charge >= 0.3 is 0 Å². The van der Waals surface area contributed by atoms with Crippen molar-refractivity contribution < 1.29 is 14.3 Å². The normalized spacial score (nSPS) is 13.9. The number of anilines is 2. The highest BCUT2D eigenvalue weighted by Gasteiger charge is 2.32. The molecule has 0 aromatic heterocycles. The standard InChI is InChI=1S/C40H39N3O3/c44-39(36-18-10-11-19-37(36)46-29-31-14-6-2-7-15-31)42-34-20-22-35(23-21-34)43-26-24-33(25-27-43)38(32-16-8-3-9-17-32)40(45)41-28-30-12-4-1-5-13-30/h1-23,33,38H,24-29H2,(H,41,45)(H,42,44). The van der Waals surface area contributed by atoms with E-state index in [1.807, 2.05) is 109 Å². The fraction of sp³-hybridized carbons (Fsp3) is 0.200. The molecule has 1 saturated heterocycles. The SMILES string of the molecule is O=C(Nc1ccc(N2CCC(C(C(=O)NCc3ccccc3)c3ccccc3)CC2)cc1)c1ccccc1OCc1ccccc1. The van der Waals surface area contributed by atoms with E-state index in [-0.39, 0.29) is 23.7 Å². The third-order valence-corrected chi connectivity index (χ3v) is 8.62. The Hall–Kier alpha value is -5.36. The molecule has 0 bridgehead atoms. The third kappa shape index (κ3) is 7.83. The molecule has 1 aliphatic heterocycles. The van der Waals surface area contributed by atoms with E-state index in [2.05, 4.69) is 39.8 Å². The van der Waals surface area contributed by atoms with Gasteiger partial charge in [-0.25, -0.2) is 0 Å². The highest BCUT2D eigenvalue weighted by molar-refractivity contribution is 6.06. The minimum Gasteiger partial charge on any atom is -0.488 e. The van der Waals surface area contributed by atoms with Gasteiger partial charge in [-0.2, -0.15) is 0 Å². The Bertz CT molecular complexity index is 1700. The van der Waals surface area contributed by atoms with Gasteiger partial charge in [0.1, 0.15) is 12.4 Å². The van der Waals surface area contributed by atoms with Gasteiger partial charge in [0.2, 0.25) is 5.91 Å². The number of rotatable bonds is 11. The van der Waals surface area contributed by atoms with E-state index in [1.54, 1.807) is 6.07 Å². The molecule has 46 heavy (non-hydrogen) atoms. The first kappa shape index (κ1) is 30.7. The molecule has 6 rings (SSSR count). The predicted molar refractivity (Wildman–Crippen MR) is 184 cm³/mol. The molecule has 0 saturated carbocycles. The summed E-state index contributed by atoms with van der Waals surface area (Å²) in [5, 5.41) is 6.22. The lowest BCUT2D eigenvalue weighted by Gasteiger charge is -2.37. The summed E-state index contributed by atoms with van der Waals surface area (Å²) in [5.74, 6) is 0.475. The highest BCUT2D eigenvalue weighted by atomic mass is 16.5. The van der Waals surface area contributed by atoms with Crippen LogP contribution in [0.15, 0.2) is 140 Å². The Kier molecular flexibility index (Phi) is 10.1. The Morgan fingerprint density at radius 3 is 1.96 bits per heavy atom. The van der Waals surface area contributed by atoms with Crippen LogP contribution in [-0.4, -0.2) is 24.9 Å². The number of carbonyl (C=O) groups is 2. The Balaban J connectivity index is 1.05. The van der Waals surface area contributed by atoms with Crippen LogP contribution < -0.4 is 20.3 Å². The lowest BCUT2D eigenvalue weighted by molar-refractivity contribution is -0.124. The van der Waals surface area contributed by atoms with Crippen LogP contribution in [0, 0.1) is 5.92 Å². The van der Waals surface area contributed by atoms with Gasteiger partial charge in [-0.15, -0.1) is 0 Å². The summed E-state index contributed by atoms with van der Waals surface area (Å²) < 4.78 is 5.99. The van der Waals surface area contributed by atoms with E-state index < -0.39 is 0 Å². The predicted octanol–water partition coefficient (Wildman–Crippen LogP) is 7.83. The first-order valence-corrected chi connectivity index (χ1v) is 15.9. The fourth-order valence-electron chi connectivity index (χ4n) is 6.15. The largest absolute Gasteiger partial charge is 0.488 e. The van der Waals surface area contributed by atoms with Crippen molar-refractivity contribution >= 4 is 23.2 Å². The molecule has 6 heteroatoms. The van der Waals surface area contributed by atoms with Crippen molar-refractivity contribution in [3.8, 4) is 5.75 Å². The zero-order chi connectivity index (χ0) is 31.6. The van der Waals surface area contributed by atoms with Crippen molar-refractivity contribution in [2.75, 3.05) is 23.3 Å². The molecule has 1 heterocycles. The number of hydrogen-bond donors (Lipinski definition) is 2. The minimum absolute atomic E-state index is 0.0839. The molecule has 2 N–H and O–H groups in total. The molecule has 5 aromatic rings. The summed E-state index contributed by atoms with van der Waals surface area (Å²) in [6, 6.07) is 45.4. The van der Waals surface area contributed by atoms with Crippen molar-refractivity contribution in [3.63, 3.8) is 0 Å². The molecular weight excluding hydrogens is 570 g/mol. The molecule has 1 fully saturated rings. The van der Waals surface area contributed by atoms with Crippen LogP contribution in [0.4, 0.5) is 11.4 Å². The Labute approximate surface area is 271 Å². The van der Waals surface area contributed by atoms with E-state index in [4.69, 9.17) is 4.74 Å². The molecule has 6 nitrogen and oxygen atoms in total. The zero-order valence-corrected chi connectivity index (χ0v) is 25.8. The monoisotopic (exact) mass is 609 g/mol. The van der Waals surface area contributed by atoms with Crippen molar-refractivity contribution in [1.29, 1.82) is 0 Å². The van der Waals surface area contributed by atoms with Crippen molar-refractivity contribution in [1.82, 2.24) is 5.32 Å². The number of benzene rings is 5. The van der Waals surface area contributed by atoms with Crippen LogP contribution in [0.25, 0.3) is 0 Å². The van der Waals surface area contributed by atoms with Gasteiger partial charge in [-0.05, 0) is 71.8 Å². The number of para-hydroxylation sites is 1. The topological polar surface area (TPSA) is 70.7 Å². The zero-order valence-electron chi connectivity index (χ0n) is 25.8. The maximum atomic E-state index is 13.6. The second-order valence-electron chi connectivity index (χ2n) is 11.7. The molecule has 2 amide bonds. The second kappa shape index (κ2) is 15.1. The summed E-state index contributed by atoms with van der Waals surface area (Å²) in [7, 11) is 0. The van der Waals surface area contributed by atoms with E-state index in [9.17, 15) is 9.59 Å². The van der Waals surface area contributed by atoms with Gasteiger partial charge in [0.25, 0.3) is 5.91 Å². The number of amides is 2. The average Bonchev–Trinajstić information content (AvgIpc) is 3.12. The fourth-order valence-corrected chi connectivity index (χ4v) is 6.15. The molecular formula is C40H39N3O3. The van der Waals surface area contributed by atoms with Gasteiger partial charge in [0.15, 0.2) is 0 Å².